The normalized spacial score (nSPS) is 11.0. The van der Waals surface area contributed by atoms with Gasteiger partial charge in [-0.3, -0.25) is 0 Å². The second-order valence-corrected chi connectivity index (χ2v) is 2.24. The zero-order chi connectivity index (χ0) is 7.66. The maximum Gasteiger partial charge on any atom is 0.0314 e. The van der Waals surface area contributed by atoms with Crippen LogP contribution in [0, 0.1) is 6.92 Å². The molecule has 0 aromatic carbocycles. The molecule has 0 bridgehead atoms. The molecule has 0 fully saturated rings. The van der Waals surface area contributed by atoms with Crippen LogP contribution in [-0.2, 0) is 0 Å². The number of nitrogens with zero attached hydrogens (tertiary/aromatic N) is 1. The molecule has 0 saturated heterocycles. The van der Waals surface area contributed by atoms with Crippen molar-refractivity contribution in [1.29, 1.82) is 0 Å². The van der Waals surface area contributed by atoms with Crippen molar-refractivity contribution in [1.82, 2.24) is 5.32 Å². The van der Waals surface area contributed by atoms with Gasteiger partial charge in [-0.15, -0.1) is 0 Å². The standard InChI is InChI=1S/C9H17N/c1-3-5-6-7-9-10-8-4-2/h6-7H,1,3-5,8-9H2,2H3. The van der Waals surface area contributed by atoms with Crippen LogP contribution in [0.4, 0.5) is 0 Å². The third-order valence-electron chi connectivity index (χ3n) is 1.15. The SMILES string of the molecule is [CH2]CCC=CC[N]CCC. The summed E-state index contributed by atoms with van der Waals surface area (Å²) in [5, 5.41) is 4.25. The summed E-state index contributed by atoms with van der Waals surface area (Å²) >= 11 is 0. The topological polar surface area (TPSA) is 14.1 Å². The molecule has 0 amide bonds. The van der Waals surface area contributed by atoms with Gasteiger partial charge in [-0.25, -0.2) is 5.32 Å². The van der Waals surface area contributed by atoms with Crippen molar-refractivity contribution >= 4 is 0 Å². The molecule has 0 N–H and O–H groups in total. The molecule has 1 nitrogen and oxygen atoms in total. The molecule has 0 aromatic heterocycles. The van der Waals surface area contributed by atoms with Gasteiger partial charge in [0.2, 0.25) is 0 Å². The Bertz CT molecular complexity index is 76.8. The van der Waals surface area contributed by atoms with Crippen LogP contribution in [0.15, 0.2) is 12.2 Å². The predicted molar refractivity (Wildman–Crippen MR) is 45.9 cm³/mol. The van der Waals surface area contributed by atoms with Gasteiger partial charge in [-0.1, -0.05) is 26.0 Å². The zero-order valence-electron chi connectivity index (χ0n) is 6.84. The highest BCUT2D eigenvalue weighted by molar-refractivity contribution is 4.83. The van der Waals surface area contributed by atoms with E-state index in [1.807, 2.05) is 0 Å². The van der Waals surface area contributed by atoms with E-state index in [0.29, 0.717) is 0 Å². The second kappa shape index (κ2) is 8.70. The maximum absolute atomic E-state index is 4.25. The van der Waals surface area contributed by atoms with Crippen LogP contribution in [0.25, 0.3) is 0 Å². The fourth-order valence-electron chi connectivity index (χ4n) is 0.634. The molecule has 0 atom stereocenters. The minimum absolute atomic E-state index is 0.883. The first-order chi connectivity index (χ1) is 4.91. The second-order valence-electron chi connectivity index (χ2n) is 2.24. The van der Waals surface area contributed by atoms with Crippen molar-refractivity contribution < 1.29 is 0 Å². The Labute approximate surface area is 64.5 Å². The highest BCUT2D eigenvalue weighted by Gasteiger charge is 1.79. The van der Waals surface area contributed by atoms with Crippen LogP contribution < -0.4 is 5.32 Å². The van der Waals surface area contributed by atoms with E-state index in [0.717, 1.165) is 32.4 Å². The van der Waals surface area contributed by atoms with Crippen LogP contribution >= 0.6 is 0 Å². The van der Waals surface area contributed by atoms with Gasteiger partial charge in [0.25, 0.3) is 0 Å². The predicted octanol–water partition coefficient (Wildman–Crippen LogP) is 2.17. The lowest BCUT2D eigenvalue weighted by molar-refractivity contribution is 0.713. The van der Waals surface area contributed by atoms with E-state index >= 15 is 0 Å². The summed E-state index contributed by atoms with van der Waals surface area (Å²) in [6.07, 6.45) is 7.49. The molecule has 0 aliphatic heterocycles. The number of allylic oxidation sites excluding steroid dienone is 1. The van der Waals surface area contributed by atoms with E-state index in [4.69, 9.17) is 0 Å². The van der Waals surface area contributed by atoms with Crippen molar-refractivity contribution in [3.8, 4) is 0 Å². The van der Waals surface area contributed by atoms with Crippen molar-refractivity contribution in [3.05, 3.63) is 19.1 Å². The van der Waals surface area contributed by atoms with Crippen LogP contribution in [0.2, 0.25) is 0 Å². The first-order valence-corrected chi connectivity index (χ1v) is 3.99. The van der Waals surface area contributed by atoms with Crippen LogP contribution in [0.5, 0.6) is 0 Å². The summed E-state index contributed by atoms with van der Waals surface area (Å²) in [4.78, 5) is 0. The van der Waals surface area contributed by atoms with Crippen molar-refractivity contribution in [2.75, 3.05) is 13.1 Å². The maximum atomic E-state index is 4.25. The lowest BCUT2D eigenvalue weighted by atomic mass is 10.3. The van der Waals surface area contributed by atoms with E-state index in [9.17, 15) is 0 Å². The highest BCUT2D eigenvalue weighted by Crippen LogP contribution is 1.86. The molecule has 0 saturated carbocycles. The Morgan fingerprint density at radius 3 is 2.80 bits per heavy atom. The minimum Gasteiger partial charge on any atom is -0.238 e. The molecule has 0 heterocycles. The minimum atomic E-state index is 0.883. The molecular formula is C9H17N. The van der Waals surface area contributed by atoms with E-state index in [2.05, 4.69) is 31.3 Å². The molecule has 0 rings (SSSR count). The van der Waals surface area contributed by atoms with Gasteiger partial charge >= 0.3 is 0 Å². The van der Waals surface area contributed by atoms with Gasteiger partial charge < -0.3 is 0 Å². The van der Waals surface area contributed by atoms with Gasteiger partial charge in [0.05, 0.1) is 0 Å². The molecule has 0 aliphatic rings. The van der Waals surface area contributed by atoms with Crippen molar-refractivity contribution in [3.63, 3.8) is 0 Å². The number of unbranched alkanes of at least 4 members (excludes halogenated alkanes) is 1. The lowest BCUT2D eigenvalue weighted by Crippen LogP contribution is -2.04. The average Bonchev–Trinajstić information content (AvgIpc) is 1.97. The first kappa shape index (κ1) is 9.70. The molecule has 10 heavy (non-hydrogen) atoms. The highest BCUT2D eigenvalue weighted by atomic mass is 14.8. The Morgan fingerprint density at radius 2 is 2.20 bits per heavy atom. The number of rotatable bonds is 6. The summed E-state index contributed by atoms with van der Waals surface area (Å²) in [6.45, 7) is 7.76. The molecule has 1 heteroatoms. The molecule has 58 valence electrons. The molecule has 0 aromatic rings. The monoisotopic (exact) mass is 139 g/mol. The van der Waals surface area contributed by atoms with E-state index in [1.54, 1.807) is 0 Å². The largest absolute Gasteiger partial charge is 0.238 e. The van der Waals surface area contributed by atoms with Gasteiger partial charge in [-0.05, 0) is 19.3 Å². The zero-order valence-corrected chi connectivity index (χ0v) is 6.84. The van der Waals surface area contributed by atoms with Gasteiger partial charge in [0, 0.05) is 13.1 Å². The molecular weight excluding hydrogens is 122 g/mol. The third kappa shape index (κ3) is 7.70. The van der Waals surface area contributed by atoms with Crippen LogP contribution in [0.1, 0.15) is 26.2 Å². The van der Waals surface area contributed by atoms with Crippen molar-refractivity contribution in [2.45, 2.75) is 26.2 Å². The van der Waals surface area contributed by atoms with Gasteiger partial charge in [0.15, 0.2) is 0 Å². The number of hydrogen-bond donors (Lipinski definition) is 0. The summed E-state index contributed by atoms with van der Waals surface area (Å²) in [5.41, 5.74) is 0. The van der Waals surface area contributed by atoms with Gasteiger partial charge in [0.1, 0.15) is 0 Å². The smallest absolute Gasteiger partial charge is 0.0314 e. The Hall–Kier alpha value is -0.300. The molecule has 0 aliphatic carbocycles. The summed E-state index contributed by atoms with van der Waals surface area (Å²) in [5.74, 6) is 0. The van der Waals surface area contributed by atoms with Gasteiger partial charge in [-0.2, -0.15) is 0 Å². The Kier molecular flexibility index (Phi) is 8.44. The molecule has 0 spiro atoms. The first-order valence-electron chi connectivity index (χ1n) is 3.99. The lowest BCUT2D eigenvalue weighted by Gasteiger charge is -1.92. The fraction of sp³-hybridized carbons (Fsp3) is 0.667. The Balaban J connectivity index is 2.88. The third-order valence-corrected chi connectivity index (χ3v) is 1.15. The van der Waals surface area contributed by atoms with E-state index in [1.165, 1.54) is 0 Å². The quantitative estimate of drug-likeness (QED) is 0.395. The Morgan fingerprint density at radius 1 is 1.40 bits per heavy atom. The van der Waals surface area contributed by atoms with Crippen molar-refractivity contribution in [2.24, 2.45) is 0 Å². The van der Waals surface area contributed by atoms with E-state index < -0.39 is 0 Å². The van der Waals surface area contributed by atoms with Crippen LogP contribution in [-0.4, -0.2) is 13.1 Å². The van der Waals surface area contributed by atoms with Crippen LogP contribution in [0.3, 0.4) is 0 Å². The summed E-state index contributed by atoms with van der Waals surface area (Å²) < 4.78 is 0. The average molecular weight is 139 g/mol. The number of hydrogen-bond acceptors (Lipinski definition) is 0. The van der Waals surface area contributed by atoms with E-state index in [-0.39, 0.29) is 0 Å². The summed E-state index contributed by atoms with van der Waals surface area (Å²) in [7, 11) is 0. The summed E-state index contributed by atoms with van der Waals surface area (Å²) in [6, 6.07) is 0. The fourth-order valence-corrected chi connectivity index (χ4v) is 0.634. The molecule has 2 radical (unpaired) electrons. The molecule has 0 unspecified atom stereocenters.